The van der Waals surface area contributed by atoms with E-state index in [0.717, 1.165) is 25.8 Å². The minimum absolute atomic E-state index is 0.0546. The summed E-state index contributed by atoms with van der Waals surface area (Å²) in [6, 6.07) is 0.664. The highest BCUT2D eigenvalue weighted by atomic mass is 35.5. The molecule has 2 fully saturated rings. The van der Waals surface area contributed by atoms with Gasteiger partial charge in [-0.15, -0.1) is 0 Å². The first-order valence-corrected chi connectivity index (χ1v) is 13.5. The van der Waals surface area contributed by atoms with Crippen molar-refractivity contribution in [2.24, 2.45) is 0 Å². The fourth-order valence-electron chi connectivity index (χ4n) is 5.13. The van der Waals surface area contributed by atoms with Gasteiger partial charge in [0.1, 0.15) is 5.60 Å². The third kappa shape index (κ3) is 6.73. The Balaban J connectivity index is 1.43. The van der Waals surface area contributed by atoms with E-state index < -0.39 is 17.9 Å². The van der Waals surface area contributed by atoms with Gasteiger partial charge in [-0.3, -0.25) is 15.0 Å². The number of carbonyl (C=O) groups excluding carboxylic acids is 2. The number of aliphatic hydroxyl groups is 1. The molecule has 2 saturated heterocycles. The number of halogens is 1. The summed E-state index contributed by atoms with van der Waals surface area (Å²) >= 11 is 6.53. The molecule has 0 saturated carbocycles. The summed E-state index contributed by atoms with van der Waals surface area (Å²) < 4.78 is 5.54. The molecule has 0 spiro atoms. The highest BCUT2D eigenvalue weighted by molar-refractivity contribution is 6.32. The van der Waals surface area contributed by atoms with Gasteiger partial charge in [0.15, 0.2) is 28.8 Å². The van der Waals surface area contributed by atoms with Gasteiger partial charge in [0.25, 0.3) is 5.91 Å². The van der Waals surface area contributed by atoms with Crippen molar-refractivity contribution in [3.05, 3.63) is 10.8 Å². The molecular weight excluding hydrogens is 500 g/mol. The number of nitrogens with one attached hydrogen (secondary N) is 3. The second kappa shape index (κ2) is 11.5. The summed E-state index contributed by atoms with van der Waals surface area (Å²) in [6.45, 7) is 12.2. The summed E-state index contributed by atoms with van der Waals surface area (Å²) in [5, 5.41) is 18.8. The quantitative estimate of drug-likeness (QED) is 0.447. The Morgan fingerprint density at radius 1 is 1.16 bits per heavy atom. The largest absolute Gasteiger partial charge is 0.444 e. The molecular formula is C24H39ClN8O4. The Bertz CT molecular complexity index is 982. The van der Waals surface area contributed by atoms with Crippen LogP contribution in [0, 0.1) is 0 Å². The highest BCUT2D eigenvalue weighted by Gasteiger charge is 2.36. The highest BCUT2D eigenvalue weighted by Crippen LogP contribution is 2.30. The third-order valence-electron chi connectivity index (χ3n) is 6.96. The number of aliphatic hydroxyl groups excluding tert-OH is 1. The van der Waals surface area contributed by atoms with Gasteiger partial charge in [0, 0.05) is 57.9 Å². The monoisotopic (exact) mass is 538 g/mol. The molecule has 0 aromatic carbocycles. The van der Waals surface area contributed by atoms with E-state index in [-0.39, 0.29) is 28.8 Å². The number of piperazine rings is 1. The van der Waals surface area contributed by atoms with E-state index in [2.05, 4.69) is 42.6 Å². The number of likely N-dealkylation sites (tertiary alicyclic amines) is 1. The molecule has 206 valence electrons. The fourth-order valence-corrected chi connectivity index (χ4v) is 5.37. The van der Waals surface area contributed by atoms with Crippen molar-refractivity contribution in [3.63, 3.8) is 0 Å². The van der Waals surface area contributed by atoms with Crippen molar-refractivity contribution >= 4 is 35.2 Å². The molecule has 4 rings (SSSR count). The number of carbonyl (C=O) groups is 2. The van der Waals surface area contributed by atoms with Gasteiger partial charge >= 0.3 is 6.09 Å². The van der Waals surface area contributed by atoms with E-state index in [1.165, 1.54) is 0 Å². The first-order valence-electron chi connectivity index (χ1n) is 13.1. The predicted octanol–water partition coefficient (Wildman–Crippen LogP) is 1.45. The first-order chi connectivity index (χ1) is 17.6. The zero-order valence-corrected chi connectivity index (χ0v) is 22.8. The molecule has 1 aromatic rings. The molecule has 2 amide bonds. The van der Waals surface area contributed by atoms with E-state index in [4.69, 9.17) is 16.3 Å². The normalized spacial score (nSPS) is 24.3. The number of fused-ring (bicyclic) bond motifs is 1. The van der Waals surface area contributed by atoms with E-state index >= 15 is 0 Å². The summed E-state index contributed by atoms with van der Waals surface area (Å²) in [5.41, 5.74) is -0.442. The summed E-state index contributed by atoms with van der Waals surface area (Å²) in [7, 11) is 0. The van der Waals surface area contributed by atoms with Crippen LogP contribution in [0.5, 0.6) is 0 Å². The van der Waals surface area contributed by atoms with Crippen LogP contribution in [0.25, 0.3) is 0 Å². The number of ether oxygens (including phenoxy) is 1. The van der Waals surface area contributed by atoms with Crippen molar-refractivity contribution in [3.8, 4) is 0 Å². The molecule has 4 N–H and O–H groups in total. The summed E-state index contributed by atoms with van der Waals surface area (Å²) in [4.78, 5) is 40.4. The zero-order valence-electron chi connectivity index (χ0n) is 22.1. The second-order valence-corrected chi connectivity index (χ2v) is 11.1. The van der Waals surface area contributed by atoms with Crippen LogP contribution >= 0.6 is 11.6 Å². The van der Waals surface area contributed by atoms with Crippen molar-refractivity contribution in [1.29, 1.82) is 0 Å². The molecule has 0 radical (unpaired) electrons. The Kier molecular flexibility index (Phi) is 8.62. The minimum atomic E-state index is -1.07. The molecule has 37 heavy (non-hydrogen) atoms. The fraction of sp³-hybridized carbons (Fsp3) is 0.750. The smallest absolute Gasteiger partial charge is 0.410 e. The van der Waals surface area contributed by atoms with Crippen LogP contribution < -0.4 is 20.9 Å². The number of piperidine rings is 1. The lowest BCUT2D eigenvalue weighted by atomic mass is 9.98. The van der Waals surface area contributed by atoms with Crippen molar-refractivity contribution in [1.82, 2.24) is 30.4 Å². The number of hydrogen-bond donors (Lipinski definition) is 4. The van der Waals surface area contributed by atoms with Gasteiger partial charge in [0.05, 0.1) is 0 Å². The van der Waals surface area contributed by atoms with E-state index in [0.29, 0.717) is 51.1 Å². The molecule has 1 unspecified atom stereocenters. The topological polar surface area (TPSA) is 135 Å². The Labute approximate surface area is 223 Å². The Morgan fingerprint density at radius 3 is 2.57 bits per heavy atom. The van der Waals surface area contributed by atoms with Gasteiger partial charge in [-0.2, -0.15) is 0 Å². The summed E-state index contributed by atoms with van der Waals surface area (Å²) in [5.74, 6) is 0.280. The number of nitrogens with zero attached hydrogens (tertiary/aromatic N) is 5. The molecule has 4 heterocycles. The second-order valence-electron chi connectivity index (χ2n) is 10.7. The maximum absolute atomic E-state index is 12.5. The maximum Gasteiger partial charge on any atom is 0.410 e. The zero-order chi connectivity index (χ0) is 26.7. The van der Waals surface area contributed by atoms with Gasteiger partial charge in [-0.25, -0.2) is 14.8 Å². The molecule has 1 aromatic heterocycles. The molecule has 2 atom stereocenters. The van der Waals surface area contributed by atoms with Gasteiger partial charge in [0.2, 0.25) is 0 Å². The lowest BCUT2D eigenvalue weighted by Crippen LogP contribution is -2.59. The maximum atomic E-state index is 12.5. The van der Waals surface area contributed by atoms with Crippen LogP contribution in [0.4, 0.5) is 16.4 Å². The van der Waals surface area contributed by atoms with Crippen molar-refractivity contribution < 1.29 is 19.4 Å². The van der Waals surface area contributed by atoms with E-state index in [1.54, 1.807) is 4.90 Å². The molecule has 0 aliphatic carbocycles. The SMILES string of the molecule is CC[C@H]1CN(c2nc3c(nc2Cl)C(=O)NCCNC(O)N3)CCN1C1CCN(C(=O)OC(C)(C)C)CC1. The van der Waals surface area contributed by atoms with Crippen LogP contribution in [0.2, 0.25) is 5.15 Å². The average Bonchev–Trinajstić information content (AvgIpc) is 2.91. The van der Waals surface area contributed by atoms with E-state index in [1.807, 2.05) is 20.8 Å². The van der Waals surface area contributed by atoms with Gasteiger partial charge in [-0.1, -0.05) is 18.5 Å². The van der Waals surface area contributed by atoms with Crippen LogP contribution in [-0.4, -0.2) is 107 Å². The minimum Gasteiger partial charge on any atom is -0.444 e. The number of rotatable bonds is 3. The lowest BCUT2D eigenvalue weighted by molar-refractivity contribution is 0.00943. The summed E-state index contributed by atoms with van der Waals surface area (Å²) in [6.07, 6.45) is 1.44. The first kappa shape index (κ1) is 27.6. The van der Waals surface area contributed by atoms with Crippen molar-refractivity contribution in [2.45, 2.75) is 71.0 Å². The standard InChI is InChI=1S/C24H39ClN8O4/c1-5-15-14-32(12-13-33(15)16-6-10-31(11-7-16)23(36)37-24(2,3)4)20-18(25)28-17-19(29-20)30-22(35)27-9-8-26-21(17)34/h15-16,22,27,35H,5-14H2,1-4H3,(H,26,34)(H,29,30)/t15-,22?/m0/s1. The van der Waals surface area contributed by atoms with Crippen molar-refractivity contribution in [2.75, 3.05) is 56.0 Å². The third-order valence-corrected chi connectivity index (χ3v) is 7.21. The van der Waals surface area contributed by atoms with Crippen LogP contribution in [-0.2, 0) is 4.74 Å². The molecule has 3 aliphatic heterocycles. The molecule has 13 heteroatoms. The van der Waals surface area contributed by atoms with Crippen LogP contribution in [0.1, 0.15) is 57.4 Å². The Morgan fingerprint density at radius 2 is 1.89 bits per heavy atom. The average molecular weight is 539 g/mol. The number of amides is 2. The van der Waals surface area contributed by atoms with E-state index in [9.17, 15) is 14.7 Å². The predicted molar refractivity (Wildman–Crippen MR) is 141 cm³/mol. The molecule has 0 bridgehead atoms. The van der Waals surface area contributed by atoms with Crippen LogP contribution in [0.3, 0.4) is 0 Å². The lowest BCUT2D eigenvalue weighted by Gasteiger charge is -2.47. The number of aromatic nitrogens is 2. The Hall–Kier alpha value is -2.41. The number of anilines is 2. The van der Waals surface area contributed by atoms with Crippen LogP contribution in [0.15, 0.2) is 0 Å². The molecule has 12 nitrogen and oxygen atoms in total. The van der Waals surface area contributed by atoms with Gasteiger partial charge < -0.3 is 30.3 Å². The molecule has 3 aliphatic rings. The number of hydrogen-bond acceptors (Lipinski definition) is 10. The van der Waals surface area contributed by atoms with Gasteiger partial charge in [-0.05, 0) is 40.0 Å².